The van der Waals surface area contributed by atoms with Gasteiger partial charge in [-0.15, -0.1) is 0 Å². The molecule has 0 aliphatic rings. The second-order valence-electron chi connectivity index (χ2n) is 0.761. The molecule has 4 N–H and O–H groups in total. The highest BCUT2D eigenvalue weighted by molar-refractivity contribution is 7.80. The van der Waals surface area contributed by atoms with Gasteiger partial charge in [0.2, 0.25) is 0 Å². The maximum Gasteiger partial charge on any atom is 0.0976 e. The summed E-state index contributed by atoms with van der Waals surface area (Å²) in [7, 11) is 0. The standard InChI is InChI=1S/C3H6N2S/c4-2-1-3(5)6/h1-2H,4H2,(H2,5,6). The van der Waals surface area contributed by atoms with Crippen molar-refractivity contribution in [2.75, 3.05) is 0 Å². The Kier molecular flexibility index (Phi) is 2.40. The summed E-state index contributed by atoms with van der Waals surface area (Å²) in [6, 6.07) is 0. The zero-order chi connectivity index (χ0) is 4.99. The van der Waals surface area contributed by atoms with Crippen LogP contribution >= 0.6 is 12.2 Å². The molecule has 0 heterocycles. The molecule has 0 radical (unpaired) electrons. The lowest BCUT2D eigenvalue weighted by molar-refractivity contribution is 1.61. The molecule has 0 aromatic rings. The van der Waals surface area contributed by atoms with Crippen molar-refractivity contribution in [2.24, 2.45) is 11.5 Å². The van der Waals surface area contributed by atoms with E-state index in [0.29, 0.717) is 4.99 Å². The van der Waals surface area contributed by atoms with Crippen molar-refractivity contribution >= 4 is 17.2 Å². The Bertz CT molecular complexity index is 76.9. The molecule has 0 aliphatic heterocycles. The topological polar surface area (TPSA) is 52.0 Å². The van der Waals surface area contributed by atoms with Crippen molar-refractivity contribution in [3.8, 4) is 0 Å². The minimum atomic E-state index is 0.317. The van der Waals surface area contributed by atoms with Gasteiger partial charge in [0.25, 0.3) is 0 Å². The quantitative estimate of drug-likeness (QED) is 0.354. The highest BCUT2D eigenvalue weighted by atomic mass is 32.1. The van der Waals surface area contributed by atoms with Gasteiger partial charge in [-0.05, 0) is 12.3 Å². The summed E-state index contributed by atoms with van der Waals surface area (Å²) in [5, 5.41) is 0. The molecule has 0 rings (SSSR count). The fraction of sp³-hybridized carbons (Fsp3) is 0. The number of rotatable bonds is 1. The Labute approximate surface area is 41.8 Å². The molecule has 0 spiro atoms. The van der Waals surface area contributed by atoms with Gasteiger partial charge in [-0.3, -0.25) is 0 Å². The Balaban J connectivity index is 3.30. The van der Waals surface area contributed by atoms with Crippen LogP contribution in [0.4, 0.5) is 0 Å². The molecule has 2 nitrogen and oxygen atoms in total. The summed E-state index contributed by atoms with van der Waals surface area (Å²) < 4.78 is 0. The van der Waals surface area contributed by atoms with Crippen LogP contribution in [-0.2, 0) is 0 Å². The maximum absolute atomic E-state index is 4.97. The smallest absolute Gasteiger partial charge is 0.0976 e. The number of hydrogen-bond donors (Lipinski definition) is 2. The molecule has 0 fully saturated rings. The normalized spacial score (nSPS) is 9.33. The summed E-state index contributed by atoms with van der Waals surface area (Å²) in [6.45, 7) is 0. The van der Waals surface area contributed by atoms with E-state index in [0.717, 1.165) is 0 Å². The zero-order valence-electron chi connectivity index (χ0n) is 3.22. The minimum Gasteiger partial charge on any atom is -0.405 e. The van der Waals surface area contributed by atoms with Crippen LogP contribution in [-0.4, -0.2) is 4.99 Å². The molecule has 0 aromatic carbocycles. The number of hydrogen-bond acceptors (Lipinski definition) is 2. The van der Waals surface area contributed by atoms with Crippen LogP contribution < -0.4 is 11.5 Å². The molecular weight excluding hydrogens is 96.1 g/mol. The van der Waals surface area contributed by atoms with Gasteiger partial charge in [0.15, 0.2) is 0 Å². The second kappa shape index (κ2) is 2.66. The van der Waals surface area contributed by atoms with Crippen LogP contribution in [0.2, 0.25) is 0 Å². The monoisotopic (exact) mass is 102 g/mol. The van der Waals surface area contributed by atoms with Gasteiger partial charge < -0.3 is 11.5 Å². The van der Waals surface area contributed by atoms with Crippen LogP contribution in [0.3, 0.4) is 0 Å². The first-order chi connectivity index (χ1) is 2.77. The third-order valence-electron chi connectivity index (χ3n) is 0.260. The summed E-state index contributed by atoms with van der Waals surface area (Å²) in [6.07, 6.45) is 2.76. The van der Waals surface area contributed by atoms with Crippen LogP contribution in [0.25, 0.3) is 0 Å². The molecule has 0 atom stereocenters. The van der Waals surface area contributed by atoms with Crippen LogP contribution in [0, 0.1) is 0 Å². The minimum absolute atomic E-state index is 0.317. The van der Waals surface area contributed by atoms with Crippen molar-refractivity contribution in [1.29, 1.82) is 0 Å². The summed E-state index contributed by atoms with van der Waals surface area (Å²) >= 11 is 4.41. The van der Waals surface area contributed by atoms with Crippen LogP contribution in [0.5, 0.6) is 0 Å². The van der Waals surface area contributed by atoms with Crippen molar-refractivity contribution in [3.63, 3.8) is 0 Å². The molecule has 0 saturated heterocycles. The Morgan fingerprint density at radius 1 is 1.67 bits per heavy atom. The van der Waals surface area contributed by atoms with Gasteiger partial charge in [-0.2, -0.15) is 0 Å². The van der Waals surface area contributed by atoms with Crippen molar-refractivity contribution < 1.29 is 0 Å². The van der Waals surface area contributed by atoms with Crippen LogP contribution in [0.15, 0.2) is 12.3 Å². The third-order valence-corrected chi connectivity index (χ3v) is 0.397. The van der Waals surface area contributed by atoms with Gasteiger partial charge in [-0.25, -0.2) is 0 Å². The molecule has 0 unspecified atom stereocenters. The van der Waals surface area contributed by atoms with E-state index in [-0.39, 0.29) is 0 Å². The predicted octanol–water partition coefficient (Wildman–Crippen LogP) is -0.255. The third kappa shape index (κ3) is 3.43. The van der Waals surface area contributed by atoms with Gasteiger partial charge >= 0.3 is 0 Å². The molecule has 6 heavy (non-hydrogen) atoms. The van der Waals surface area contributed by atoms with Gasteiger partial charge in [0.05, 0.1) is 4.99 Å². The van der Waals surface area contributed by atoms with Crippen molar-refractivity contribution in [3.05, 3.63) is 12.3 Å². The van der Waals surface area contributed by atoms with E-state index in [1.54, 1.807) is 0 Å². The lowest BCUT2D eigenvalue weighted by Crippen LogP contribution is -2.03. The molecule has 0 bridgehead atoms. The van der Waals surface area contributed by atoms with E-state index < -0.39 is 0 Å². The molecule has 0 amide bonds. The van der Waals surface area contributed by atoms with E-state index >= 15 is 0 Å². The molecule has 0 aliphatic carbocycles. The highest BCUT2D eigenvalue weighted by Crippen LogP contribution is 1.62. The average molecular weight is 102 g/mol. The Hall–Kier alpha value is -0.570. The summed E-state index contributed by atoms with van der Waals surface area (Å²) in [4.78, 5) is 0.317. The largest absolute Gasteiger partial charge is 0.405 e. The maximum atomic E-state index is 4.97. The second-order valence-corrected chi connectivity index (χ2v) is 1.23. The number of thiocarbonyl (C=S) groups is 1. The summed E-state index contributed by atoms with van der Waals surface area (Å²) in [5.41, 5.74) is 9.85. The van der Waals surface area contributed by atoms with Crippen molar-refractivity contribution in [2.45, 2.75) is 0 Å². The first kappa shape index (κ1) is 5.43. The lowest BCUT2D eigenvalue weighted by Gasteiger charge is -1.75. The first-order valence-electron chi connectivity index (χ1n) is 1.45. The fourth-order valence-electron chi connectivity index (χ4n) is 0.0948. The Morgan fingerprint density at radius 3 is 2.17 bits per heavy atom. The number of nitrogens with two attached hydrogens (primary N) is 2. The lowest BCUT2D eigenvalue weighted by atomic mass is 10.6. The molecular formula is C3H6N2S. The van der Waals surface area contributed by atoms with Crippen LogP contribution in [0.1, 0.15) is 0 Å². The van der Waals surface area contributed by atoms with E-state index in [1.165, 1.54) is 12.3 Å². The zero-order valence-corrected chi connectivity index (χ0v) is 4.03. The van der Waals surface area contributed by atoms with E-state index in [1.807, 2.05) is 0 Å². The van der Waals surface area contributed by atoms with Gasteiger partial charge in [0.1, 0.15) is 0 Å². The molecule has 0 aromatic heterocycles. The fourth-order valence-corrected chi connectivity index (χ4v) is 0.173. The average Bonchev–Trinajstić information content (AvgIpc) is 1.35. The van der Waals surface area contributed by atoms with E-state index in [9.17, 15) is 0 Å². The molecule has 3 heteroatoms. The predicted molar refractivity (Wildman–Crippen MR) is 30.1 cm³/mol. The summed E-state index contributed by atoms with van der Waals surface area (Å²) in [5.74, 6) is 0. The van der Waals surface area contributed by atoms with Gasteiger partial charge in [0, 0.05) is 0 Å². The van der Waals surface area contributed by atoms with Crippen molar-refractivity contribution in [1.82, 2.24) is 0 Å². The SMILES string of the molecule is NC=CC(N)=S. The highest BCUT2D eigenvalue weighted by Gasteiger charge is 1.67. The Morgan fingerprint density at radius 2 is 2.17 bits per heavy atom. The first-order valence-corrected chi connectivity index (χ1v) is 1.86. The molecule has 34 valence electrons. The van der Waals surface area contributed by atoms with E-state index in [2.05, 4.69) is 12.2 Å². The van der Waals surface area contributed by atoms with Gasteiger partial charge in [-0.1, -0.05) is 12.2 Å². The van der Waals surface area contributed by atoms with E-state index in [4.69, 9.17) is 11.5 Å². The molecule has 0 saturated carbocycles.